The summed E-state index contributed by atoms with van der Waals surface area (Å²) < 4.78 is 10.8. The van der Waals surface area contributed by atoms with Crippen LogP contribution in [0, 0.1) is 0 Å². The molecular formula is C12H22O2. The number of allylic oxidation sites excluding steroid dienone is 3. The fourth-order valence-corrected chi connectivity index (χ4v) is 1.18. The fourth-order valence-electron chi connectivity index (χ4n) is 1.18. The molecule has 0 aromatic rings. The molecule has 0 aromatic heterocycles. The topological polar surface area (TPSA) is 18.5 Å². The first-order chi connectivity index (χ1) is 6.85. The van der Waals surface area contributed by atoms with Crippen LogP contribution in [0.5, 0.6) is 0 Å². The molecule has 2 nitrogen and oxygen atoms in total. The molecule has 0 rings (SSSR count). The Bertz CT molecular complexity index is 146. The van der Waals surface area contributed by atoms with Crippen LogP contribution in [0.3, 0.4) is 0 Å². The molecule has 0 saturated heterocycles. The quantitative estimate of drug-likeness (QED) is 0.321. The summed E-state index contributed by atoms with van der Waals surface area (Å²) in [6.07, 6.45) is 8.96. The van der Waals surface area contributed by atoms with Crippen molar-refractivity contribution in [2.75, 3.05) is 13.2 Å². The molecule has 2 heteroatoms. The van der Waals surface area contributed by atoms with Crippen LogP contribution in [0.15, 0.2) is 24.8 Å². The van der Waals surface area contributed by atoms with Crippen molar-refractivity contribution >= 4 is 0 Å². The summed E-state index contributed by atoms with van der Waals surface area (Å²) in [7, 11) is 0. The molecule has 0 bridgehead atoms. The van der Waals surface area contributed by atoms with Crippen LogP contribution in [-0.2, 0) is 9.47 Å². The van der Waals surface area contributed by atoms with Crippen molar-refractivity contribution in [2.24, 2.45) is 0 Å². The Balaban J connectivity index is 3.48. The lowest BCUT2D eigenvalue weighted by molar-refractivity contribution is -0.139. The molecular weight excluding hydrogens is 176 g/mol. The van der Waals surface area contributed by atoms with Crippen molar-refractivity contribution in [2.45, 2.75) is 39.4 Å². The predicted molar refractivity (Wildman–Crippen MR) is 60.2 cm³/mol. The molecule has 0 aliphatic heterocycles. The van der Waals surface area contributed by atoms with E-state index in [9.17, 15) is 0 Å². The first-order valence-electron chi connectivity index (χ1n) is 5.35. The zero-order chi connectivity index (χ0) is 10.6. The van der Waals surface area contributed by atoms with Gasteiger partial charge in [0.15, 0.2) is 6.29 Å². The summed E-state index contributed by atoms with van der Waals surface area (Å²) in [6, 6.07) is 0. The number of unbranched alkanes of at least 4 members (excludes halogenated alkanes) is 1. The summed E-state index contributed by atoms with van der Waals surface area (Å²) in [5, 5.41) is 0. The maximum Gasteiger partial charge on any atom is 0.157 e. The molecule has 0 saturated carbocycles. The molecule has 0 atom stereocenters. The van der Waals surface area contributed by atoms with E-state index in [1.165, 1.54) is 0 Å². The summed E-state index contributed by atoms with van der Waals surface area (Å²) >= 11 is 0. The van der Waals surface area contributed by atoms with Crippen molar-refractivity contribution in [3.05, 3.63) is 24.8 Å². The van der Waals surface area contributed by atoms with Crippen molar-refractivity contribution < 1.29 is 9.47 Å². The largest absolute Gasteiger partial charge is 0.353 e. The van der Waals surface area contributed by atoms with E-state index in [1.807, 2.05) is 19.9 Å². The minimum atomic E-state index is -0.0258. The highest BCUT2D eigenvalue weighted by Gasteiger charge is 2.05. The monoisotopic (exact) mass is 198 g/mol. The van der Waals surface area contributed by atoms with Gasteiger partial charge >= 0.3 is 0 Å². The molecule has 82 valence electrons. The van der Waals surface area contributed by atoms with Gasteiger partial charge in [-0.15, -0.1) is 0 Å². The second-order valence-electron chi connectivity index (χ2n) is 2.94. The van der Waals surface area contributed by atoms with Crippen LogP contribution < -0.4 is 0 Å². The molecule has 0 fully saturated rings. The van der Waals surface area contributed by atoms with E-state index >= 15 is 0 Å². The Morgan fingerprint density at radius 3 is 2.36 bits per heavy atom. The van der Waals surface area contributed by atoms with Crippen molar-refractivity contribution in [3.8, 4) is 0 Å². The zero-order valence-corrected chi connectivity index (χ0v) is 9.37. The third-order valence-electron chi connectivity index (χ3n) is 1.79. The van der Waals surface area contributed by atoms with E-state index in [2.05, 4.69) is 12.7 Å². The summed E-state index contributed by atoms with van der Waals surface area (Å²) in [5.41, 5.74) is 0. The molecule has 0 spiro atoms. The molecule has 0 unspecified atom stereocenters. The fraction of sp³-hybridized carbons (Fsp3) is 0.667. The van der Waals surface area contributed by atoms with E-state index in [0.717, 1.165) is 19.3 Å². The van der Waals surface area contributed by atoms with Crippen LogP contribution in [-0.4, -0.2) is 19.5 Å². The van der Waals surface area contributed by atoms with Gasteiger partial charge < -0.3 is 9.47 Å². The maximum atomic E-state index is 5.42. The third kappa shape index (κ3) is 8.02. The summed E-state index contributed by atoms with van der Waals surface area (Å²) in [4.78, 5) is 0. The van der Waals surface area contributed by atoms with Gasteiger partial charge in [-0.25, -0.2) is 0 Å². The summed E-state index contributed by atoms with van der Waals surface area (Å²) in [6.45, 7) is 9.03. The SMILES string of the molecule is C=CC=CCCCC(OCC)OCC. The molecule has 0 aromatic carbocycles. The van der Waals surface area contributed by atoms with Crippen LogP contribution in [0.25, 0.3) is 0 Å². The van der Waals surface area contributed by atoms with E-state index in [4.69, 9.17) is 9.47 Å². The van der Waals surface area contributed by atoms with Gasteiger partial charge in [-0.05, 0) is 33.1 Å². The van der Waals surface area contributed by atoms with Gasteiger partial charge in [0.2, 0.25) is 0 Å². The minimum Gasteiger partial charge on any atom is -0.353 e. The van der Waals surface area contributed by atoms with Gasteiger partial charge in [0.25, 0.3) is 0 Å². The third-order valence-corrected chi connectivity index (χ3v) is 1.79. The standard InChI is InChI=1S/C12H22O2/c1-4-7-8-9-10-11-12(13-5-2)14-6-3/h4,7-8,12H,1,5-6,9-11H2,2-3H3. The average Bonchev–Trinajstić information content (AvgIpc) is 2.18. The molecule has 0 heterocycles. The summed E-state index contributed by atoms with van der Waals surface area (Å²) in [5.74, 6) is 0. The van der Waals surface area contributed by atoms with Gasteiger partial charge in [0.05, 0.1) is 0 Å². The Morgan fingerprint density at radius 1 is 1.21 bits per heavy atom. The van der Waals surface area contributed by atoms with Crippen molar-refractivity contribution in [1.29, 1.82) is 0 Å². The van der Waals surface area contributed by atoms with E-state index in [-0.39, 0.29) is 6.29 Å². The Kier molecular flexibility index (Phi) is 10.0. The van der Waals surface area contributed by atoms with E-state index in [0.29, 0.717) is 13.2 Å². The average molecular weight is 198 g/mol. The first-order valence-corrected chi connectivity index (χ1v) is 5.35. The molecule has 0 aliphatic carbocycles. The smallest absolute Gasteiger partial charge is 0.157 e. The lowest BCUT2D eigenvalue weighted by atomic mass is 10.2. The van der Waals surface area contributed by atoms with Crippen molar-refractivity contribution in [1.82, 2.24) is 0 Å². The maximum absolute atomic E-state index is 5.42. The second-order valence-corrected chi connectivity index (χ2v) is 2.94. The van der Waals surface area contributed by atoms with Crippen LogP contribution in [0.4, 0.5) is 0 Å². The Morgan fingerprint density at radius 2 is 1.86 bits per heavy atom. The van der Waals surface area contributed by atoms with Gasteiger partial charge in [-0.1, -0.05) is 24.8 Å². The van der Waals surface area contributed by atoms with Crippen LogP contribution in [0.2, 0.25) is 0 Å². The molecule has 0 amide bonds. The van der Waals surface area contributed by atoms with Gasteiger partial charge in [0, 0.05) is 13.2 Å². The molecule has 0 aliphatic rings. The minimum absolute atomic E-state index is 0.0258. The highest BCUT2D eigenvalue weighted by molar-refractivity contribution is 4.96. The van der Waals surface area contributed by atoms with E-state index < -0.39 is 0 Å². The second kappa shape index (κ2) is 10.5. The van der Waals surface area contributed by atoms with Gasteiger partial charge in [0.1, 0.15) is 0 Å². The van der Waals surface area contributed by atoms with Gasteiger partial charge in [-0.2, -0.15) is 0 Å². The Labute approximate surface area is 87.6 Å². The highest BCUT2D eigenvalue weighted by atomic mass is 16.7. The highest BCUT2D eigenvalue weighted by Crippen LogP contribution is 2.07. The van der Waals surface area contributed by atoms with Crippen molar-refractivity contribution in [3.63, 3.8) is 0 Å². The molecule has 0 N–H and O–H groups in total. The van der Waals surface area contributed by atoms with Crippen LogP contribution in [0.1, 0.15) is 33.1 Å². The van der Waals surface area contributed by atoms with Crippen LogP contribution >= 0.6 is 0 Å². The van der Waals surface area contributed by atoms with Gasteiger partial charge in [-0.3, -0.25) is 0 Å². The zero-order valence-electron chi connectivity index (χ0n) is 9.37. The lowest BCUT2D eigenvalue weighted by Gasteiger charge is -2.15. The lowest BCUT2D eigenvalue weighted by Crippen LogP contribution is -2.16. The first kappa shape index (κ1) is 13.4. The normalized spacial score (nSPS) is 11.4. The number of hydrogen-bond donors (Lipinski definition) is 0. The number of rotatable bonds is 9. The molecule has 0 radical (unpaired) electrons. The molecule has 14 heavy (non-hydrogen) atoms. The number of ether oxygens (including phenoxy) is 2. The van der Waals surface area contributed by atoms with E-state index in [1.54, 1.807) is 6.08 Å². The Hall–Kier alpha value is -0.600. The number of hydrogen-bond acceptors (Lipinski definition) is 2. The predicted octanol–water partition coefficient (Wildman–Crippen LogP) is 3.30.